The molecule has 0 amide bonds. The van der Waals surface area contributed by atoms with Crippen molar-refractivity contribution in [2.45, 2.75) is 26.2 Å². The monoisotopic (exact) mass is 248 g/mol. The Labute approximate surface area is 97.3 Å². The maximum absolute atomic E-state index is 11.8. The van der Waals surface area contributed by atoms with Gasteiger partial charge in [-0.2, -0.15) is 0 Å². The van der Waals surface area contributed by atoms with Gasteiger partial charge in [-0.15, -0.1) is 0 Å². The largest absolute Gasteiger partial charge is 0.385 e. The number of methoxy groups -OCH3 is 1. The number of carbonyl (C=O) groups is 1. The zero-order chi connectivity index (χ0) is 12.2. The van der Waals surface area contributed by atoms with Crippen molar-refractivity contribution in [2.24, 2.45) is 11.8 Å². The van der Waals surface area contributed by atoms with Crippen LogP contribution in [0, 0.1) is 11.8 Å². The molecule has 0 N–H and O–H groups in total. The second-order valence-corrected chi connectivity index (χ2v) is 6.85. The van der Waals surface area contributed by atoms with Gasteiger partial charge < -0.3 is 4.74 Å². The molecule has 5 heteroatoms. The molecule has 0 aromatic heterocycles. The quantitative estimate of drug-likeness (QED) is 0.705. The number of ether oxygens (including phenoxy) is 1. The molecule has 4 nitrogen and oxygen atoms in total. The molecule has 1 aliphatic rings. The van der Waals surface area contributed by atoms with Crippen LogP contribution >= 0.6 is 0 Å². The lowest BCUT2D eigenvalue weighted by molar-refractivity contribution is -0.123. The van der Waals surface area contributed by atoms with Crippen molar-refractivity contribution >= 4 is 15.6 Å². The van der Waals surface area contributed by atoms with E-state index in [1.54, 1.807) is 7.11 Å². The van der Waals surface area contributed by atoms with Crippen LogP contribution in [-0.4, -0.2) is 39.4 Å². The van der Waals surface area contributed by atoms with E-state index in [0.29, 0.717) is 19.4 Å². The minimum Gasteiger partial charge on any atom is -0.385 e. The second kappa shape index (κ2) is 5.77. The van der Waals surface area contributed by atoms with Gasteiger partial charge in [-0.05, 0) is 18.8 Å². The standard InChI is InChI=1S/C11H20O4S/c1-9(3-5-15-2)11(12)7-10-4-6-16(13,14)8-10/h9-10H,3-8H2,1-2H3. The number of Topliss-reactive ketones (excluding diaryl/α,β-unsaturated/α-hetero) is 1. The minimum absolute atomic E-state index is 0.0248. The number of hydrogen-bond acceptors (Lipinski definition) is 4. The lowest BCUT2D eigenvalue weighted by Gasteiger charge is -2.12. The van der Waals surface area contributed by atoms with E-state index in [1.165, 1.54) is 0 Å². The highest BCUT2D eigenvalue weighted by Gasteiger charge is 2.30. The summed E-state index contributed by atoms with van der Waals surface area (Å²) in [5, 5.41) is 0. The normalized spacial score (nSPS) is 25.5. The Bertz CT molecular complexity index is 334. The molecule has 1 aliphatic heterocycles. The number of hydrogen-bond donors (Lipinski definition) is 0. The predicted molar refractivity (Wildman–Crippen MR) is 62.0 cm³/mol. The summed E-state index contributed by atoms with van der Waals surface area (Å²) in [5.74, 6) is 0.623. The smallest absolute Gasteiger partial charge is 0.150 e. The van der Waals surface area contributed by atoms with Crippen molar-refractivity contribution in [1.82, 2.24) is 0 Å². The highest BCUT2D eigenvalue weighted by Crippen LogP contribution is 2.23. The van der Waals surface area contributed by atoms with Gasteiger partial charge in [0.25, 0.3) is 0 Å². The van der Waals surface area contributed by atoms with Crippen LogP contribution in [0.15, 0.2) is 0 Å². The van der Waals surface area contributed by atoms with Gasteiger partial charge in [0.1, 0.15) is 5.78 Å². The molecule has 0 spiro atoms. The van der Waals surface area contributed by atoms with E-state index in [4.69, 9.17) is 4.74 Å². The van der Waals surface area contributed by atoms with Crippen LogP contribution < -0.4 is 0 Å². The highest BCUT2D eigenvalue weighted by molar-refractivity contribution is 7.91. The van der Waals surface area contributed by atoms with Crippen molar-refractivity contribution in [2.75, 3.05) is 25.2 Å². The molecule has 0 aromatic carbocycles. The van der Waals surface area contributed by atoms with Crippen molar-refractivity contribution in [3.05, 3.63) is 0 Å². The Morgan fingerprint density at radius 2 is 2.19 bits per heavy atom. The predicted octanol–water partition coefficient (Wildman–Crippen LogP) is 1.05. The third-order valence-corrected chi connectivity index (χ3v) is 4.96. The molecule has 1 heterocycles. The Morgan fingerprint density at radius 1 is 1.50 bits per heavy atom. The first-order chi connectivity index (χ1) is 7.44. The molecule has 0 aliphatic carbocycles. The first kappa shape index (κ1) is 13.6. The van der Waals surface area contributed by atoms with Gasteiger partial charge in [0, 0.05) is 26.1 Å². The molecule has 1 fully saturated rings. The summed E-state index contributed by atoms with van der Waals surface area (Å²) in [7, 11) is -1.25. The molecular weight excluding hydrogens is 228 g/mol. The fourth-order valence-corrected chi connectivity index (χ4v) is 3.84. The van der Waals surface area contributed by atoms with Crippen molar-refractivity contribution < 1.29 is 17.9 Å². The summed E-state index contributed by atoms with van der Waals surface area (Å²) in [6, 6.07) is 0. The van der Waals surface area contributed by atoms with E-state index in [0.717, 1.165) is 6.42 Å². The number of sulfone groups is 1. The van der Waals surface area contributed by atoms with E-state index in [9.17, 15) is 13.2 Å². The van der Waals surface area contributed by atoms with Crippen LogP contribution in [0.3, 0.4) is 0 Å². The van der Waals surface area contributed by atoms with E-state index in [2.05, 4.69) is 0 Å². The Kier molecular flexibility index (Phi) is 4.92. The first-order valence-corrected chi connectivity index (χ1v) is 7.49. The Morgan fingerprint density at radius 3 is 2.69 bits per heavy atom. The van der Waals surface area contributed by atoms with E-state index >= 15 is 0 Å². The topological polar surface area (TPSA) is 60.4 Å². The van der Waals surface area contributed by atoms with E-state index in [-0.39, 0.29) is 29.1 Å². The van der Waals surface area contributed by atoms with Gasteiger partial charge in [-0.3, -0.25) is 4.79 Å². The van der Waals surface area contributed by atoms with Crippen LogP contribution in [0.2, 0.25) is 0 Å². The van der Waals surface area contributed by atoms with Gasteiger partial charge in [-0.1, -0.05) is 6.92 Å². The summed E-state index contributed by atoms with van der Waals surface area (Å²) >= 11 is 0. The van der Waals surface area contributed by atoms with Gasteiger partial charge in [0.05, 0.1) is 11.5 Å². The Balaban J connectivity index is 2.35. The molecule has 0 bridgehead atoms. The van der Waals surface area contributed by atoms with Gasteiger partial charge in [0.2, 0.25) is 0 Å². The fraction of sp³-hybridized carbons (Fsp3) is 0.909. The lowest BCUT2D eigenvalue weighted by Crippen LogP contribution is -2.18. The molecule has 0 saturated carbocycles. The van der Waals surface area contributed by atoms with E-state index < -0.39 is 9.84 Å². The summed E-state index contributed by atoms with van der Waals surface area (Å²) in [5.41, 5.74) is 0. The van der Waals surface area contributed by atoms with E-state index in [1.807, 2.05) is 6.92 Å². The summed E-state index contributed by atoms with van der Waals surface area (Å²) in [4.78, 5) is 11.8. The van der Waals surface area contributed by atoms with Crippen LogP contribution in [0.1, 0.15) is 26.2 Å². The maximum atomic E-state index is 11.8. The first-order valence-electron chi connectivity index (χ1n) is 5.66. The molecule has 2 unspecified atom stereocenters. The van der Waals surface area contributed by atoms with Crippen LogP contribution in [0.5, 0.6) is 0 Å². The van der Waals surface area contributed by atoms with Crippen molar-refractivity contribution in [3.8, 4) is 0 Å². The van der Waals surface area contributed by atoms with Crippen LogP contribution in [0.25, 0.3) is 0 Å². The van der Waals surface area contributed by atoms with Crippen LogP contribution in [0.4, 0.5) is 0 Å². The minimum atomic E-state index is -2.86. The zero-order valence-corrected chi connectivity index (χ0v) is 10.8. The third-order valence-electron chi connectivity index (χ3n) is 3.12. The zero-order valence-electron chi connectivity index (χ0n) is 9.94. The summed E-state index contributed by atoms with van der Waals surface area (Å²) in [6.45, 7) is 2.46. The van der Waals surface area contributed by atoms with Crippen molar-refractivity contribution in [3.63, 3.8) is 0 Å². The van der Waals surface area contributed by atoms with Crippen molar-refractivity contribution in [1.29, 1.82) is 0 Å². The molecule has 16 heavy (non-hydrogen) atoms. The molecular formula is C11H20O4S. The highest BCUT2D eigenvalue weighted by atomic mass is 32.2. The summed E-state index contributed by atoms with van der Waals surface area (Å²) in [6.07, 6.45) is 1.77. The van der Waals surface area contributed by atoms with Gasteiger partial charge in [-0.25, -0.2) is 8.42 Å². The molecule has 94 valence electrons. The Hall–Kier alpha value is -0.420. The molecule has 0 radical (unpaired) electrons. The molecule has 0 aromatic rings. The number of ketones is 1. The SMILES string of the molecule is COCCC(C)C(=O)CC1CCS(=O)(=O)C1. The number of carbonyl (C=O) groups excluding carboxylic acids is 1. The maximum Gasteiger partial charge on any atom is 0.150 e. The third kappa shape index (κ3) is 4.22. The summed E-state index contributed by atoms with van der Waals surface area (Å²) < 4.78 is 27.4. The number of rotatable bonds is 6. The van der Waals surface area contributed by atoms with Gasteiger partial charge in [0.15, 0.2) is 9.84 Å². The lowest BCUT2D eigenvalue weighted by atomic mass is 9.93. The van der Waals surface area contributed by atoms with Crippen LogP contribution in [-0.2, 0) is 19.4 Å². The average molecular weight is 248 g/mol. The molecule has 1 saturated heterocycles. The molecule has 2 atom stereocenters. The fourth-order valence-electron chi connectivity index (χ4n) is 1.97. The van der Waals surface area contributed by atoms with Gasteiger partial charge >= 0.3 is 0 Å². The molecule has 1 rings (SSSR count). The second-order valence-electron chi connectivity index (χ2n) is 4.62. The average Bonchev–Trinajstić information content (AvgIpc) is 2.54.